The molecule has 0 radical (unpaired) electrons. The smallest absolute Gasteiger partial charge is 0.258 e. The highest BCUT2D eigenvalue weighted by Gasteiger charge is 2.28. The van der Waals surface area contributed by atoms with Gasteiger partial charge in [-0.15, -0.1) is 17.9 Å². The molecule has 0 spiro atoms. The van der Waals surface area contributed by atoms with Crippen LogP contribution in [-0.4, -0.2) is 24.2 Å². The molecule has 0 unspecified atom stereocenters. The summed E-state index contributed by atoms with van der Waals surface area (Å²) in [6, 6.07) is 7.46. The highest BCUT2D eigenvalue weighted by molar-refractivity contribution is 7.89. The SMILES string of the molecule is C=CCN(Cc1ccc(Cl)s1)S(=O)(=O)c1cccc([N+](=O)[O-])c1C. The molecule has 0 amide bonds. The molecule has 9 heteroatoms. The van der Waals surface area contributed by atoms with E-state index in [9.17, 15) is 18.5 Å². The third kappa shape index (κ3) is 3.84. The molecular weight excluding hydrogens is 372 g/mol. The van der Waals surface area contributed by atoms with E-state index in [1.54, 1.807) is 12.1 Å². The lowest BCUT2D eigenvalue weighted by Gasteiger charge is -2.21. The van der Waals surface area contributed by atoms with Crippen LogP contribution in [0.3, 0.4) is 0 Å². The van der Waals surface area contributed by atoms with Crippen molar-refractivity contribution in [3.8, 4) is 0 Å². The Bertz CT molecular complexity index is 877. The van der Waals surface area contributed by atoms with Crippen LogP contribution in [0.1, 0.15) is 10.4 Å². The molecule has 2 rings (SSSR count). The molecule has 0 N–H and O–H groups in total. The minimum atomic E-state index is -3.92. The largest absolute Gasteiger partial charge is 0.273 e. The maximum absolute atomic E-state index is 13.0. The molecule has 0 bridgehead atoms. The molecule has 128 valence electrons. The Hall–Kier alpha value is -1.74. The summed E-state index contributed by atoms with van der Waals surface area (Å²) in [4.78, 5) is 11.2. The van der Waals surface area contributed by atoms with Crippen LogP contribution in [-0.2, 0) is 16.6 Å². The number of nitro benzene ring substituents is 1. The topological polar surface area (TPSA) is 80.5 Å². The molecule has 1 aromatic carbocycles. The number of hydrogen-bond donors (Lipinski definition) is 0. The van der Waals surface area contributed by atoms with Gasteiger partial charge in [0.1, 0.15) is 0 Å². The fourth-order valence-corrected chi connectivity index (χ4v) is 5.04. The second kappa shape index (κ2) is 7.43. The van der Waals surface area contributed by atoms with Gasteiger partial charge in [-0.25, -0.2) is 8.42 Å². The minimum Gasteiger partial charge on any atom is -0.258 e. The summed E-state index contributed by atoms with van der Waals surface area (Å²) in [6.45, 7) is 5.22. The van der Waals surface area contributed by atoms with Crippen molar-refractivity contribution < 1.29 is 13.3 Å². The molecule has 0 aliphatic heterocycles. The first-order valence-corrected chi connectivity index (χ1v) is 9.50. The summed E-state index contributed by atoms with van der Waals surface area (Å²) < 4.78 is 27.7. The Morgan fingerprint density at radius 2 is 2.08 bits per heavy atom. The van der Waals surface area contributed by atoms with Gasteiger partial charge in [-0.05, 0) is 25.1 Å². The van der Waals surface area contributed by atoms with Crippen molar-refractivity contribution in [2.24, 2.45) is 0 Å². The van der Waals surface area contributed by atoms with Crippen LogP contribution >= 0.6 is 22.9 Å². The van der Waals surface area contributed by atoms with E-state index < -0.39 is 14.9 Å². The Balaban J connectivity index is 2.47. The van der Waals surface area contributed by atoms with E-state index in [-0.39, 0.29) is 29.2 Å². The summed E-state index contributed by atoms with van der Waals surface area (Å²) >= 11 is 7.17. The van der Waals surface area contributed by atoms with Gasteiger partial charge >= 0.3 is 0 Å². The summed E-state index contributed by atoms with van der Waals surface area (Å²) in [5, 5.41) is 11.1. The van der Waals surface area contributed by atoms with Gasteiger partial charge in [0.15, 0.2) is 0 Å². The Labute approximate surface area is 149 Å². The van der Waals surface area contributed by atoms with Gasteiger partial charge in [0.05, 0.1) is 14.2 Å². The second-order valence-corrected chi connectivity index (χ2v) is 8.66. The summed E-state index contributed by atoms with van der Waals surface area (Å²) in [5.41, 5.74) is -0.116. The number of benzene rings is 1. The van der Waals surface area contributed by atoms with Gasteiger partial charge in [-0.1, -0.05) is 23.7 Å². The van der Waals surface area contributed by atoms with E-state index in [0.717, 1.165) is 4.88 Å². The van der Waals surface area contributed by atoms with Crippen LogP contribution in [0.4, 0.5) is 5.69 Å². The normalized spacial score (nSPS) is 11.6. The molecule has 0 aliphatic carbocycles. The van der Waals surface area contributed by atoms with Crippen molar-refractivity contribution >= 4 is 38.6 Å². The third-order valence-electron chi connectivity index (χ3n) is 3.36. The van der Waals surface area contributed by atoms with Crippen molar-refractivity contribution in [2.75, 3.05) is 6.54 Å². The standard InChI is InChI=1S/C15H15ClN2O4S2/c1-3-9-17(10-12-7-8-15(16)23-12)24(21,22)14-6-4-5-13(11(14)2)18(19)20/h3-8H,1,9-10H2,2H3. The van der Waals surface area contributed by atoms with Crippen LogP contribution in [0.5, 0.6) is 0 Å². The molecule has 6 nitrogen and oxygen atoms in total. The average molecular weight is 387 g/mol. The van der Waals surface area contributed by atoms with E-state index >= 15 is 0 Å². The number of nitro groups is 1. The lowest BCUT2D eigenvalue weighted by Crippen LogP contribution is -2.31. The first kappa shape index (κ1) is 18.6. The van der Waals surface area contributed by atoms with Crippen LogP contribution in [0, 0.1) is 17.0 Å². The maximum atomic E-state index is 13.0. The monoisotopic (exact) mass is 386 g/mol. The van der Waals surface area contributed by atoms with Crippen molar-refractivity contribution in [1.82, 2.24) is 4.31 Å². The fourth-order valence-electron chi connectivity index (χ4n) is 2.22. The zero-order valence-corrected chi connectivity index (χ0v) is 15.2. The molecule has 1 heterocycles. The van der Waals surface area contributed by atoms with Gasteiger partial charge in [-0.2, -0.15) is 4.31 Å². The van der Waals surface area contributed by atoms with Crippen LogP contribution in [0.15, 0.2) is 47.9 Å². The predicted molar refractivity (Wildman–Crippen MR) is 95.0 cm³/mol. The Morgan fingerprint density at radius 3 is 2.62 bits per heavy atom. The van der Waals surface area contributed by atoms with Gasteiger partial charge in [0.25, 0.3) is 5.69 Å². The van der Waals surface area contributed by atoms with Crippen molar-refractivity contribution in [3.63, 3.8) is 0 Å². The van der Waals surface area contributed by atoms with Crippen LogP contribution in [0.25, 0.3) is 0 Å². The molecule has 0 fully saturated rings. The van der Waals surface area contributed by atoms with E-state index in [4.69, 9.17) is 11.6 Å². The molecule has 0 saturated carbocycles. The van der Waals surface area contributed by atoms with E-state index in [1.807, 2.05) is 0 Å². The molecule has 2 aromatic rings. The number of thiophene rings is 1. The number of hydrogen-bond acceptors (Lipinski definition) is 5. The van der Waals surface area contributed by atoms with Crippen molar-refractivity contribution in [1.29, 1.82) is 0 Å². The quantitative estimate of drug-likeness (QED) is 0.409. The maximum Gasteiger partial charge on any atom is 0.273 e. The number of halogens is 1. The van der Waals surface area contributed by atoms with Crippen LogP contribution < -0.4 is 0 Å². The van der Waals surface area contributed by atoms with Gasteiger partial charge in [0.2, 0.25) is 10.0 Å². The highest BCUT2D eigenvalue weighted by atomic mass is 35.5. The van der Waals surface area contributed by atoms with Crippen LogP contribution in [0.2, 0.25) is 4.34 Å². The third-order valence-corrected chi connectivity index (χ3v) is 6.54. The minimum absolute atomic E-state index is 0.0822. The van der Waals surface area contributed by atoms with E-state index in [2.05, 4.69) is 6.58 Å². The summed E-state index contributed by atoms with van der Waals surface area (Å²) in [5.74, 6) is 0. The molecule has 0 aliphatic rings. The van der Waals surface area contributed by atoms with Crippen molar-refractivity contribution in [2.45, 2.75) is 18.4 Å². The molecule has 1 aromatic heterocycles. The molecule has 0 saturated heterocycles. The first-order chi connectivity index (χ1) is 11.3. The summed E-state index contributed by atoms with van der Waals surface area (Å²) in [7, 11) is -3.92. The fraction of sp³-hybridized carbons (Fsp3) is 0.200. The van der Waals surface area contributed by atoms with E-state index in [0.29, 0.717) is 4.34 Å². The second-order valence-electron chi connectivity index (χ2n) is 4.95. The average Bonchev–Trinajstić information content (AvgIpc) is 2.91. The molecule has 0 atom stereocenters. The zero-order chi connectivity index (χ0) is 17.9. The highest BCUT2D eigenvalue weighted by Crippen LogP contribution is 2.29. The van der Waals surface area contributed by atoms with Gasteiger partial charge < -0.3 is 0 Å². The number of nitrogens with zero attached hydrogens (tertiary/aromatic N) is 2. The van der Waals surface area contributed by atoms with Gasteiger partial charge in [0, 0.05) is 29.6 Å². The molecular formula is C15H15ClN2O4S2. The lowest BCUT2D eigenvalue weighted by molar-refractivity contribution is -0.385. The van der Waals surface area contributed by atoms with E-state index in [1.165, 1.54) is 46.8 Å². The lowest BCUT2D eigenvalue weighted by atomic mass is 10.2. The molecule has 24 heavy (non-hydrogen) atoms. The first-order valence-electron chi connectivity index (χ1n) is 6.86. The Morgan fingerprint density at radius 1 is 1.38 bits per heavy atom. The number of rotatable bonds is 7. The Kier molecular flexibility index (Phi) is 5.76. The predicted octanol–water partition coefficient (Wildman–Crippen LogP) is 4.00. The number of sulfonamides is 1. The van der Waals surface area contributed by atoms with Crippen molar-refractivity contribution in [3.05, 3.63) is 67.9 Å². The zero-order valence-electron chi connectivity index (χ0n) is 12.8. The van der Waals surface area contributed by atoms with Gasteiger partial charge in [-0.3, -0.25) is 10.1 Å². The summed E-state index contributed by atoms with van der Waals surface area (Å²) in [6.07, 6.45) is 1.47.